The number of aromatic nitrogens is 1. The van der Waals surface area contributed by atoms with Crippen molar-refractivity contribution in [2.24, 2.45) is 0 Å². The molecule has 1 aromatic rings. The van der Waals surface area contributed by atoms with E-state index in [0.29, 0.717) is 0 Å². The third kappa shape index (κ3) is 11.6. The number of nitrogens with zero attached hydrogens (tertiary/aromatic N) is 1. The number of pyridine rings is 1. The SMILES string of the molecule is CCCCCCCCCCCCCc1cc[n+](CCCCC)cc1. The van der Waals surface area contributed by atoms with Gasteiger partial charge in [0, 0.05) is 18.6 Å². The molecule has 0 aliphatic carbocycles. The lowest BCUT2D eigenvalue weighted by atomic mass is 10.0. The van der Waals surface area contributed by atoms with Gasteiger partial charge < -0.3 is 0 Å². The second-order valence-electron chi connectivity index (χ2n) is 7.44. The minimum Gasteiger partial charge on any atom is -0.205 e. The molecule has 0 N–H and O–H groups in total. The molecule has 0 fully saturated rings. The molecule has 0 bridgehead atoms. The second kappa shape index (κ2) is 15.7. The summed E-state index contributed by atoms with van der Waals surface area (Å²) < 4.78 is 2.33. The average molecular weight is 333 g/mol. The molecule has 0 aliphatic rings. The van der Waals surface area contributed by atoms with Crippen LogP contribution in [0, 0.1) is 0 Å². The predicted molar refractivity (Wildman–Crippen MR) is 106 cm³/mol. The second-order valence-corrected chi connectivity index (χ2v) is 7.44. The van der Waals surface area contributed by atoms with Crippen LogP contribution in [0.5, 0.6) is 0 Å². The van der Waals surface area contributed by atoms with Crippen molar-refractivity contribution in [2.45, 2.75) is 117 Å². The van der Waals surface area contributed by atoms with Crippen LogP contribution >= 0.6 is 0 Å². The highest BCUT2D eigenvalue weighted by atomic mass is 14.9. The summed E-state index contributed by atoms with van der Waals surface area (Å²) >= 11 is 0. The molecule has 0 amide bonds. The molecule has 0 saturated carbocycles. The van der Waals surface area contributed by atoms with E-state index in [1.807, 2.05) is 0 Å². The molecule has 0 aliphatic heterocycles. The van der Waals surface area contributed by atoms with Crippen LogP contribution in [0.15, 0.2) is 24.5 Å². The average Bonchev–Trinajstić information content (AvgIpc) is 2.61. The van der Waals surface area contributed by atoms with Crippen LogP contribution in [-0.4, -0.2) is 0 Å². The summed E-state index contributed by atoms with van der Waals surface area (Å²) in [6.45, 7) is 5.73. The monoisotopic (exact) mass is 332 g/mol. The largest absolute Gasteiger partial charge is 0.205 e. The minimum atomic E-state index is 1.17. The van der Waals surface area contributed by atoms with E-state index >= 15 is 0 Å². The molecule has 1 aromatic heterocycles. The van der Waals surface area contributed by atoms with Crippen molar-refractivity contribution in [2.75, 3.05) is 0 Å². The standard InChI is InChI=1S/C23H42N/c1-3-5-7-8-9-10-11-12-13-14-15-17-23-18-21-24(22-19-23)20-16-6-4-2/h18-19,21-22H,3-17,20H2,1-2H3/q+1. The number of unbranched alkanes of at least 4 members (excludes halogenated alkanes) is 12. The van der Waals surface area contributed by atoms with Crippen molar-refractivity contribution in [3.05, 3.63) is 30.1 Å². The van der Waals surface area contributed by atoms with E-state index in [9.17, 15) is 0 Å². The molecule has 1 heterocycles. The van der Waals surface area contributed by atoms with E-state index in [1.54, 1.807) is 0 Å². The summed E-state index contributed by atoms with van der Waals surface area (Å²) in [5.41, 5.74) is 1.51. The van der Waals surface area contributed by atoms with Crippen LogP contribution in [0.4, 0.5) is 0 Å². The summed E-state index contributed by atoms with van der Waals surface area (Å²) in [6.07, 6.45) is 25.4. The lowest BCUT2D eigenvalue weighted by Gasteiger charge is -2.03. The molecule has 0 unspecified atom stereocenters. The van der Waals surface area contributed by atoms with Gasteiger partial charge in [-0.25, -0.2) is 4.57 Å². The van der Waals surface area contributed by atoms with E-state index in [1.165, 1.54) is 108 Å². The zero-order valence-electron chi connectivity index (χ0n) is 16.6. The van der Waals surface area contributed by atoms with Gasteiger partial charge in [-0.3, -0.25) is 0 Å². The van der Waals surface area contributed by atoms with Gasteiger partial charge in [-0.2, -0.15) is 0 Å². The van der Waals surface area contributed by atoms with Gasteiger partial charge in [0.25, 0.3) is 0 Å². The van der Waals surface area contributed by atoms with Crippen LogP contribution in [0.2, 0.25) is 0 Å². The van der Waals surface area contributed by atoms with E-state index in [4.69, 9.17) is 0 Å². The Morgan fingerprint density at radius 3 is 1.58 bits per heavy atom. The zero-order chi connectivity index (χ0) is 17.3. The lowest BCUT2D eigenvalue weighted by Crippen LogP contribution is -2.32. The molecule has 0 atom stereocenters. The van der Waals surface area contributed by atoms with Gasteiger partial charge in [0.2, 0.25) is 0 Å². The summed E-state index contributed by atoms with van der Waals surface area (Å²) in [5.74, 6) is 0. The first-order valence-electron chi connectivity index (χ1n) is 10.8. The van der Waals surface area contributed by atoms with Crippen molar-refractivity contribution in [3.8, 4) is 0 Å². The van der Waals surface area contributed by atoms with Gasteiger partial charge >= 0.3 is 0 Å². The van der Waals surface area contributed by atoms with Gasteiger partial charge in [0.15, 0.2) is 12.4 Å². The van der Waals surface area contributed by atoms with Gasteiger partial charge in [-0.05, 0) is 24.8 Å². The fraction of sp³-hybridized carbons (Fsp3) is 0.783. The molecule has 1 rings (SSSR count). The van der Waals surface area contributed by atoms with Crippen molar-refractivity contribution in [1.82, 2.24) is 0 Å². The van der Waals surface area contributed by atoms with Gasteiger partial charge in [-0.15, -0.1) is 0 Å². The van der Waals surface area contributed by atoms with E-state index in [2.05, 4.69) is 42.9 Å². The van der Waals surface area contributed by atoms with Crippen LogP contribution in [0.25, 0.3) is 0 Å². The molecular weight excluding hydrogens is 290 g/mol. The maximum atomic E-state index is 2.33. The third-order valence-corrected chi connectivity index (χ3v) is 5.05. The van der Waals surface area contributed by atoms with Gasteiger partial charge in [0.1, 0.15) is 6.54 Å². The maximum absolute atomic E-state index is 2.33. The smallest absolute Gasteiger partial charge is 0.169 e. The van der Waals surface area contributed by atoms with Gasteiger partial charge in [-0.1, -0.05) is 84.5 Å². The van der Waals surface area contributed by atoms with Crippen molar-refractivity contribution < 1.29 is 4.57 Å². The maximum Gasteiger partial charge on any atom is 0.169 e. The Morgan fingerprint density at radius 2 is 1.04 bits per heavy atom. The van der Waals surface area contributed by atoms with E-state index in [-0.39, 0.29) is 0 Å². The van der Waals surface area contributed by atoms with Crippen molar-refractivity contribution >= 4 is 0 Å². The number of hydrogen-bond acceptors (Lipinski definition) is 0. The molecule has 0 saturated heterocycles. The quantitative estimate of drug-likeness (QED) is 0.226. The Bertz CT molecular complexity index is 368. The summed E-state index contributed by atoms with van der Waals surface area (Å²) in [6, 6.07) is 4.64. The number of hydrogen-bond donors (Lipinski definition) is 0. The molecule has 0 spiro atoms. The highest BCUT2D eigenvalue weighted by Crippen LogP contribution is 2.12. The first-order chi connectivity index (χ1) is 11.9. The van der Waals surface area contributed by atoms with E-state index < -0.39 is 0 Å². The Hall–Kier alpha value is -0.850. The zero-order valence-corrected chi connectivity index (χ0v) is 16.6. The Balaban J connectivity index is 1.93. The van der Waals surface area contributed by atoms with Crippen molar-refractivity contribution in [1.29, 1.82) is 0 Å². The predicted octanol–water partition coefficient (Wildman–Crippen LogP) is 7.02. The van der Waals surface area contributed by atoms with Crippen LogP contribution in [0.1, 0.15) is 109 Å². The topological polar surface area (TPSA) is 3.88 Å². The fourth-order valence-corrected chi connectivity index (χ4v) is 3.34. The van der Waals surface area contributed by atoms with Crippen molar-refractivity contribution in [3.63, 3.8) is 0 Å². The normalized spacial score (nSPS) is 11.1. The lowest BCUT2D eigenvalue weighted by molar-refractivity contribution is -0.697. The Labute approximate surface area is 151 Å². The molecule has 0 aromatic carbocycles. The molecule has 24 heavy (non-hydrogen) atoms. The molecule has 1 heteroatoms. The molecule has 138 valence electrons. The van der Waals surface area contributed by atoms with Crippen LogP contribution in [0.3, 0.4) is 0 Å². The fourth-order valence-electron chi connectivity index (χ4n) is 3.34. The molecule has 0 radical (unpaired) electrons. The summed E-state index contributed by atoms with van der Waals surface area (Å²) in [5, 5.41) is 0. The highest BCUT2D eigenvalue weighted by Gasteiger charge is 2.01. The minimum absolute atomic E-state index is 1.17. The Kier molecular flexibility index (Phi) is 13.8. The van der Waals surface area contributed by atoms with Crippen LogP contribution in [-0.2, 0) is 13.0 Å². The highest BCUT2D eigenvalue weighted by molar-refractivity contribution is 5.07. The molecule has 1 nitrogen and oxygen atoms in total. The number of aryl methyl sites for hydroxylation is 2. The Morgan fingerprint density at radius 1 is 0.583 bits per heavy atom. The number of rotatable bonds is 16. The first kappa shape index (κ1) is 21.2. The first-order valence-corrected chi connectivity index (χ1v) is 10.8. The summed E-state index contributed by atoms with van der Waals surface area (Å²) in [4.78, 5) is 0. The van der Waals surface area contributed by atoms with Crippen LogP contribution < -0.4 is 4.57 Å². The third-order valence-electron chi connectivity index (χ3n) is 5.05. The molecular formula is C23H42N+. The summed E-state index contributed by atoms with van der Waals surface area (Å²) in [7, 11) is 0. The van der Waals surface area contributed by atoms with E-state index in [0.717, 1.165) is 0 Å². The van der Waals surface area contributed by atoms with Gasteiger partial charge in [0.05, 0.1) is 0 Å².